The maximum atomic E-state index is 13.1. The minimum atomic E-state index is -0.572. The van der Waals surface area contributed by atoms with Gasteiger partial charge in [0.15, 0.2) is 6.61 Å². The van der Waals surface area contributed by atoms with Gasteiger partial charge in [-0.3, -0.25) is 9.59 Å². The Morgan fingerprint density at radius 1 is 1.00 bits per heavy atom. The molecule has 0 unspecified atom stereocenters. The Morgan fingerprint density at radius 3 is 2.28 bits per heavy atom. The number of anilines is 2. The lowest BCUT2D eigenvalue weighted by molar-refractivity contribution is -0.132. The van der Waals surface area contributed by atoms with Crippen LogP contribution < -0.4 is 20.5 Å². The molecule has 0 saturated heterocycles. The first kappa shape index (κ1) is 29.5. The average Bonchev–Trinajstić information content (AvgIpc) is 3.26. The van der Waals surface area contributed by atoms with Crippen LogP contribution in [-0.4, -0.2) is 56.1 Å². The molecule has 3 rings (SSSR count). The number of hydrogen-bond acceptors (Lipinski definition) is 8. The number of benzene rings is 2. The van der Waals surface area contributed by atoms with Gasteiger partial charge in [0.25, 0.3) is 11.8 Å². The fourth-order valence-corrected chi connectivity index (χ4v) is 5.08. The van der Waals surface area contributed by atoms with Crippen molar-refractivity contribution in [3.63, 3.8) is 0 Å². The maximum Gasteiger partial charge on any atom is 0.341 e. The van der Waals surface area contributed by atoms with Crippen LogP contribution in [0.15, 0.2) is 42.5 Å². The number of nitrogens with two attached hydrogens (primary N) is 1. The first-order valence-electron chi connectivity index (χ1n) is 12.8. The highest BCUT2D eigenvalue weighted by molar-refractivity contribution is 7.17. The van der Waals surface area contributed by atoms with Crippen molar-refractivity contribution in [3.05, 3.63) is 58.5 Å². The highest BCUT2D eigenvalue weighted by Gasteiger charge is 2.26. The number of ether oxygens (including phenoxy) is 3. The lowest BCUT2D eigenvalue weighted by Crippen LogP contribution is -2.34. The topological polar surface area (TPSA) is 120 Å². The van der Waals surface area contributed by atoms with Crippen molar-refractivity contribution in [2.24, 2.45) is 0 Å². The zero-order valence-electron chi connectivity index (χ0n) is 23.0. The summed E-state index contributed by atoms with van der Waals surface area (Å²) in [6.07, 6.45) is 0.837. The van der Waals surface area contributed by atoms with E-state index in [2.05, 4.69) is 5.32 Å². The number of methoxy groups -OCH3 is 1. The summed E-state index contributed by atoms with van der Waals surface area (Å²) in [6, 6.07) is 11.9. The Kier molecular flexibility index (Phi) is 10.3. The van der Waals surface area contributed by atoms with E-state index in [-0.39, 0.29) is 18.1 Å². The minimum absolute atomic E-state index is 0.0572. The van der Waals surface area contributed by atoms with Gasteiger partial charge in [-0.2, -0.15) is 0 Å². The van der Waals surface area contributed by atoms with Crippen LogP contribution in [0.5, 0.6) is 11.5 Å². The predicted molar refractivity (Wildman–Crippen MR) is 154 cm³/mol. The van der Waals surface area contributed by atoms with Gasteiger partial charge in [0.2, 0.25) is 0 Å². The van der Waals surface area contributed by atoms with Crippen LogP contribution >= 0.6 is 11.3 Å². The van der Waals surface area contributed by atoms with E-state index in [1.807, 2.05) is 27.7 Å². The van der Waals surface area contributed by atoms with Crippen LogP contribution in [0.25, 0.3) is 11.1 Å². The molecule has 0 fully saturated rings. The molecule has 1 aromatic heterocycles. The second-order valence-electron chi connectivity index (χ2n) is 8.66. The number of esters is 1. The van der Waals surface area contributed by atoms with E-state index in [1.165, 1.54) is 18.4 Å². The number of nitrogen functional groups attached to an aromatic ring is 1. The van der Waals surface area contributed by atoms with Gasteiger partial charge in [0.1, 0.15) is 22.1 Å². The highest BCUT2D eigenvalue weighted by atomic mass is 32.1. The molecular formula is C29H35N3O6S. The number of nitrogens with one attached hydrogen (secondary N) is 1. The standard InChI is InChI=1S/C29H35N3O6S/c1-6-15-37-23-14-11-20(16-22(23)30)27(34)31-28-26(29(35)36-5)25(18(4)39-28)19-9-12-21(13-10-19)38-17-24(33)32(7-2)8-3/h9-14,16H,6-8,15,17,30H2,1-5H3,(H,31,34). The summed E-state index contributed by atoms with van der Waals surface area (Å²) in [5, 5.41) is 3.21. The molecule has 3 aromatic rings. The number of hydrogen-bond donors (Lipinski definition) is 2. The molecule has 0 radical (unpaired) electrons. The Bertz CT molecular complexity index is 1320. The molecule has 0 aliphatic rings. The number of rotatable bonds is 12. The number of carbonyl (C=O) groups is 3. The minimum Gasteiger partial charge on any atom is -0.491 e. The van der Waals surface area contributed by atoms with Gasteiger partial charge in [-0.05, 0) is 63.1 Å². The van der Waals surface area contributed by atoms with Gasteiger partial charge in [-0.15, -0.1) is 11.3 Å². The third kappa shape index (κ3) is 7.08. The molecule has 10 heteroatoms. The first-order valence-corrected chi connectivity index (χ1v) is 13.6. The Balaban J connectivity index is 1.84. The van der Waals surface area contributed by atoms with Crippen molar-refractivity contribution in [1.29, 1.82) is 0 Å². The number of thiophene rings is 1. The third-order valence-electron chi connectivity index (χ3n) is 6.06. The van der Waals surface area contributed by atoms with Crippen LogP contribution in [0.2, 0.25) is 0 Å². The molecule has 0 spiro atoms. The fourth-order valence-electron chi connectivity index (χ4n) is 4.02. The van der Waals surface area contributed by atoms with Gasteiger partial charge in [0.05, 0.1) is 19.4 Å². The zero-order chi connectivity index (χ0) is 28.5. The van der Waals surface area contributed by atoms with E-state index >= 15 is 0 Å². The van der Waals surface area contributed by atoms with Crippen molar-refractivity contribution in [3.8, 4) is 22.6 Å². The van der Waals surface area contributed by atoms with E-state index in [9.17, 15) is 14.4 Å². The Labute approximate surface area is 232 Å². The number of amides is 2. The fraction of sp³-hybridized carbons (Fsp3) is 0.345. The van der Waals surface area contributed by atoms with Crippen molar-refractivity contribution in [1.82, 2.24) is 4.90 Å². The van der Waals surface area contributed by atoms with Crippen LogP contribution in [0.4, 0.5) is 10.7 Å². The average molecular weight is 554 g/mol. The molecule has 0 atom stereocenters. The van der Waals surface area contributed by atoms with Gasteiger partial charge in [-0.25, -0.2) is 4.79 Å². The van der Waals surface area contributed by atoms with Crippen LogP contribution in [0.3, 0.4) is 0 Å². The van der Waals surface area contributed by atoms with Crippen molar-refractivity contribution in [2.45, 2.75) is 34.1 Å². The quantitative estimate of drug-likeness (QED) is 0.228. The van der Waals surface area contributed by atoms with Gasteiger partial charge < -0.3 is 30.2 Å². The normalized spacial score (nSPS) is 10.6. The summed E-state index contributed by atoms with van der Waals surface area (Å²) < 4.78 is 16.3. The molecule has 0 bridgehead atoms. The van der Waals surface area contributed by atoms with Crippen LogP contribution in [0.1, 0.15) is 52.8 Å². The van der Waals surface area contributed by atoms with Crippen LogP contribution in [-0.2, 0) is 9.53 Å². The molecule has 0 saturated carbocycles. The lowest BCUT2D eigenvalue weighted by Gasteiger charge is -2.18. The second kappa shape index (κ2) is 13.7. The SMILES string of the molecule is CCCOc1ccc(C(=O)Nc2sc(C)c(-c3ccc(OCC(=O)N(CC)CC)cc3)c2C(=O)OC)cc1N. The number of carbonyl (C=O) groups excluding carboxylic acids is 3. The van der Waals surface area contributed by atoms with E-state index in [0.717, 1.165) is 16.9 Å². The summed E-state index contributed by atoms with van der Waals surface area (Å²) in [5.41, 5.74) is 8.41. The largest absolute Gasteiger partial charge is 0.491 e. The van der Waals surface area contributed by atoms with E-state index in [0.29, 0.717) is 53.0 Å². The Morgan fingerprint density at radius 2 is 1.69 bits per heavy atom. The molecule has 9 nitrogen and oxygen atoms in total. The molecule has 1 heterocycles. The van der Waals surface area contributed by atoms with E-state index in [1.54, 1.807) is 47.4 Å². The smallest absolute Gasteiger partial charge is 0.341 e. The second-order valence-corrected chi connectivity index (χ2v) is 9.89. The monoisotopic (exact) mass is 553 g/mol. The predicted octanol–water partition coefficient (Wildman–Crippen LogP) is 5.38. The van der Waals surface area contributed by atoms with E-state index < -0.39 is 11.9 Å². The van der Waals surface area contributed by atoms with Crippen molar-refractivity contribution in [2.75, 3.05) is 44.5 Å². The lowest BCUT2D eigenvalue weighted by atomic mass is 10.0. The third-order valence-corrected chi connectivity index (χ3v) is 7.08. The van der Waals surface area contributed by atoms with Crippen molar-refractivity contribution >= 4 is 39.8 Å². The summed E-state index contributed by atoms with van der Waals surface area (Å²) in [6.45, 7) is 9.41. The van der Waals surface area contributed by atoms with Gasteiger partial charge >= 0.3 is 5.97 Å². The summed E-state index contributed by atoms with van der Waals surface area (Å²) in [5.74, 6) is -0.0241. The Hall–Kier alpha value is -4.05. The molecular weight excluding hydrogens is 518 g/mol. The van der Waals surface area contributed by atoms with Gasteiger partial charge in [0, 0.05) is 29.1 Å². The summed E-state index contributed by atoms with van der Waals surface area (Å²) in [7, 11) is 1.30. The number of aryl methyl sites for hydroxylation is 1. The highest BCUT2D eigenvalue weighted by Crippen LogP contribution is 2.41. The molecule has 2 amide bonds. The zero-order valence-corrected chi connectivity index (χ0v) is 23.8. The summed E-state index contributed by atoms with van der Waals surface area (Å²) >= 11 is 1.28. The molecule has 0 aliphatic heterocycles. The molecule has 208 valence electrons. The maximum absolute atomic E-state index is 13.1. The van der Waals surface area contributed by atoms with Crippen molar-refractivity contribution < 1.29 is 28.6 Å². The molecule has 0 aliphatic carbocycles. The van der Waals surface area contributed by atoms with E-state index in [4.69, 9.17) is 19.9 Å². The summed E-state index contributed by atoms with van der Waals surface area (Å²) in [4.78, 5) is 40.7. The first-order chi connectivity index (χ1) is 18.7. The number of likely N-dealkylation sites (N-methyl/N-ethyl adjacent to an activating group) is 1. The molecule has 2 aromatic carbocycles. The number of nitrogens with zero attached hydrogens (tertiary/aromatic N) is 1. The molecule has 3 N–H and O–H groups in total. The molecule has 39 heavy (non-hydrogen) atoms. The van der Waals surface area contributed by atoms with Gasteiger partial charge in [-0.1, -0.05) is 19.1 Å². The van der Waals surface area contributed by atoms with Crippen LogP contribution in [0, 0.1) is 6.92 Å².